The van der Waals surface area contributed by atoms with E-state index in [1.165, 1.54) is 19.3 Å². The zero-order valence-electron chi connectivity index (χ0n) is 11.7. The first-order valence-electron chi connectivity index (χ1n) is 7.32. The molecule has 0 aromatic carbocycles. The predicted octanol–water partition coefficient (Wildman–Crippen LogP) is 1.23. The average molecular weight is 268 g/mol. The second-order valence-electron chi connectivity index (χ2n) is 5.88. The van der Waals surface area contributed by atoms with Crippen molar-refractivity contribution in [1.82, 2.24) is 10.2 Å². The fourth-order valence-electron chi connectivity index (χ4n) is 2.81. The topological polar surface area (TPSA) is 69.6 Å². The minimum atomic E-state index is -1.10. The highest BCUT2D eigenvalue weighted by Crippen LogP contribution is 2.46. The van der Waals surface area contributed by atoms with Crippen LogP contribution in [0.2, 0.25) is 0 Å². The first kappa shape index (κ1) is 14.3. The van der Waals surface area contributed by atoms with E-state index < -0.39 is 11.4 Å². The van der Waals surface area contributed by atoms with E-state index in [4.69, 9.17) is 5.11 Å². The number of carbonyl (C=O) groups excluding carboxylic acids is 1. The Kier molecular flexibility index (Phi) is 4.45. The van der Waals surface area contributed by atoms with Crippen LogP contribution in [0.5, 0.6) is 0 Å². The highest BCUT2D eigenvalue weighted by atomic mass is 16.4. The van der Waals surface area contributed by atoms with Crippen molar-refractivity contribution in [3.63, 3.8) is 0 Å². The third-order valence-electron chi connectivity index (χ3n) is 4.44. The summed E-state index contributed by atoms with van der Waals surface area (Å²) in [5.74, 6) is -1.28. The summed E-state index contributed by atoms with van der Waals surface area (Å²) >= 11 is 0. The van der Waals surface area contributed by atoms with Gasteiger partial charge >= 0.3 is 5.97 Å². The van der Waals surface area contributed by atoms with Crippen LogP contribution in [0.1, 0.15) is 45.4 Å². The van der Waals surface area contributed by atoms with Gasteiger partial charge in [0.2, 0.25) is 5.91 Å². The van der Waals surface area contributed by atoms with Gasteiger partial charge in [0.25, 0.3) is 0 Å². The second kappa shape index (κ2) is 5.90. The van der Waals surface area contributed by atoms with Gasteiger partial charge in [0, 0.05) is 19.1 Å². The van der Waals surface area contributed by atoms with Gasteiger partial charge in [-0.05, 0) is 45.6 Å². The lowest BCUT2D eigenvalue weighted by molar-refractivity contribution is -0.149. The number of hydrogen-bond acceptors (Lipinski definition) is 3. The lowest BCUT2D eigenvalue weighted by atomic mass is 10.0. The summed E-state index contributed by atoms with van der Waals surface area (Å²) < 4.78 is 0. The number of rotatable bonds is 6. The Morgan fingerprint density at radius 2 is 2.11 bits per heavy atom. The molecule has 1 aliphatic heterocycles. The molecule has 0 aromatic rings. The van der Waals surface area contributed by atoms with Crippen LogP contribution in [0.3, 0.4) is 0 Å². The molecule has 19 heavy (non-hydrogen) atoms. The Hall–Kier alpha value is -1.10. The molecule has 5 nitrogen and oxygen atoms in total. The van der Waals surface area contributed by atoms with E-state index in [9.17, 15) is 9.59 Å². The Morgan fingerprint density at radius 1 is 1.37 bits per heavy atom. The molecule has 108 valence electrons. The molecule has 2 N–H and O–H groups in total. The van der Waals surface area contributed by atoms with Gasteiger partial charge in [0.1, 0.15) is 5.41 Å². The van der Waals surface area contributed by atoms with E-state index >= 15 is 0 Å². The molecule has 0 radical (unpaired) electrons. The molecule has 1 saturated carbocycles. The number of carbonyl (C=O) groups is 2. The van der Waals surface area contributed by atoms with Gasteiger partial charge in [-0.1, -0.05) is 6.42 Å². The molecule has 5 heteroatoms. The van der Waals surface area contributed by atoms with Crippen LogP contribution >= 0.6 is 0 Å². The smallest absolute Gasteiger partial charge is 0.319 e. The van der Waals surface area contributed by atoms with Crippen molar-refractivity contribution >= 4 is 11.9 Å². The van der Waals surface area contributed by atoms with E-state index in [0.717, 1.165) is 19.5 Å². The average Bonchev–Trinajstić information content (AvgIpc) is 3.17. The van der Waals surface area contributed by atoms with Gasteiger partial charge in [-0.3, -0.25) is 9.59 Å². The molecule has 1 atom stereocenters. The van der Waals surface area contributed by atoms with Gasteiger partial charge in [-0.15, -0.1) is 0 Å². The largest absolute Gasteiger partial charge is 0.480 e. The Morgan fingerprint density at radius 3 is 2.68 bits per heavy atom. The summed E-state index contributed by atoms with van der Waals surface area (Å²) in [6, 6.07) is 0.637. The van der Waals surface area contributed by atoms with Crippen LogP contribution in [-0.2, 0) is 9.59 Å². The second-order valence-corrected chi connectivity index (χ2v) is 5.88. The van der Waals surface area contributed by atoms with Gasteiger partial charge in [-0.25, -0.2) is 0 Å². The van der Waals surface area contributed by atoms with Gasteiger partial charge in [0.05, 0.1) is 0 Å². The summed E-state index contributed by atoms with van der Waals surface area (Å²) in [7, 11) is 0. The monoisotopic (exact) mass is 268 g/mol. The van der Waals surface area contributed by atoms with Gasteiger partial charge < -0.3 is 15.3 Å². The number of amides is 1. The van der Waals surface area contributed by atoms with Crippen LogP contribution in [-0.4, -0.2) is 47.6 Å². The molecule has 0 aromatic heterocycles. The summed E-state index contributed by atoms with van der Waals surface area (Å²) in [6.07, 6.45) is 5.70. The number of likely N-dealkylation sites (tertiary alicyclic amines) is 1. The van der Waals surface area contributed by atoms with Crippen LogP contribution in [0.15, 0.2) is 0 Å². The first-order chi connectivity index (χ1) is 9.06. The number of nitrogens with one attached hydrogen (secondary N) is 1. The Balaban J connectivity index is 1.64. The van der Waals surface area contributed by atoms with Crippen LogP contribution in [0.4, 0.5) is 0 Å². The van der Waals surface area contributed by atoms with E-state index in [1.54, 1.807) is 0 Å². The molecule has 2 fully saturated rings. The summed E-state index contributed by atoms with van der Waals surface area (Å²) in [6.45, 7) is 4.97. The number of carboxylic acids is 1. The SMILES string of the molecule is CC1CCCCN1CCCNC(=O)C1(C(=O)O)CC1. The van der Waals surface area contributed by atoms with Crippen molar-refractivity contribution < 1.29 is 14.7 Å². The summed E-state index contributed by atoms with van der Waals surface area (Å²) in [4.78, 5) is 25.2. The maximum absolute atomic E-state index is 11.8. The quantitative estimate of drug-likeness (QED) is 0.561. The Bertz CT molecular complexity index is 353. The zero-order chi connectivity index (χ0) is 13.9. The highest BCUT2D eigenvalue weighted by Gasteiger charge is 2.56. The zero-order valence-corrected chi connectivity index (χ0v) is 11.7. The number of hydrogen-bond donors (Lipinski definition) is 2. The maximum Gasteiger partial charge on any atom is 0.319 e. The number of aliphatic carboxylic acids is 1. The predicted molar refractivity (Wildman–Crippen MR) is 71.8 cm³/mol. The molecule has 1 heterocycles. The van der Waals surface area contributed by atoms with Gasteiger partial charge in [0.15, 0.2) is 0 Å². The van der Waals surface area contributed by atoms with E-state index in [2.05, 4.69) is 17.1 Å². The van der Waals surface area contributed by atoms with E-state index in [0.29, 0.717) is 25.4 Å². The van der Waals surface area contributed by atoms with Crippen LogP contribution in [0, 0.1) is 5.41 Å². The molecule has 1 aliphatic carbocycles. The van der Waals surface area contributed by atoms with E-state index in [1.807, 2.05) is 0 Å². The minimum Gasteiger partial charge on any atom is -0.480 e. The van der Waals surface area contributed by atoms with Crippen molar-refractivity contribution in [3.05, 3.63) is 0 Å². The molecule has 2 aliphatic rings. The van der Waals surface area contributed by atoms with Crippen molar-refractivity contribution in [1.29, 1.82) is 0 Å². The fourth-order valence-corrected chi connectivity index (χ4v) is 2.81. The summed E-state index contributed by atoms with van der Waals surface area (Å²) in [5.41, 5.74) is -1.10. The molecule has 1 saturated heterocycles. The highest BCUT2D eigenvalue weighted by molar-refractivity contribution is 6.04. The third-order valence-corrected chi connectivity index (χ3v) is 4.44. The van der Waals surface area contributed by atoms with E-state index in [-0.39, 0.29) is 5.91 Å². The molecule has 0 bridgehead atoms. The van der Waals surface area contributed by atoms with Crippen molar-refractivity contribution in [3.8, 4) is 0 Å². The minimum absolute atomic E-state index is 0.299. The lowest BCUT2D eigenvalue weighted by Gasteiger charge is -2.33. The van der Waals surface area contributed by atoms with Gasteiger partial charge in [-0.2, -0.15) is 0 Å². The lowest BCUT2D eigenvalue weighted by Crippen LogP contribution is -2.41. The fraction of sp³-hybridized carbons (Fsp3) is 0.857. The maximum atomic E-state index is 11.8. The molecular formula is C14H24N2O3. The Labute approximate surface area is 114 Å². The molecule has 1 amide bonds. The van der Waals surface area contributed by atoms with Crippen molar-refractivity contribution in [2.45, 2.75) is 51.5 Å². The number of carboxylic acid groups (broad SMARTS) is 1. The molecule has 2 rings (SSSR count). The van der Waals surface area contributed by atoms with Crippen LogP contribution < -0.4 is 5.32 Å². The first-order valence-corrected chi connectivity index (χ1v) is 7.32. The summed E-state index contributed by atoms with van der Waals surface area (Å²) in [5, 5.41) is 11.8. The number of piperidine rings is 1. The standard InChI is InChI=1S/C14H24N2O3/c1-11-5-2-3-9-16(11)10-4-8-15-12(17)14(6-7-14)13(18)19/h11H,2-10H2,1H3,(H,15,17)(H,18,19). The van der Waals surface area contributed by atoms with Crippen molar-refractivity contribution in [2.24, 2.45) is 5.41 Å². The van der Waals surface area contributed by atoms with Crippen molar-refractivity contribution in [2.75, 3.05) is 19.6 Å². The number of nitrogens with zero attached hydrogens (tertiary/aromatic N) is 1. The van der Waals surface area contributed by atoms with Crippen LogP contribution in [0.25, 0.3) is 0 Å². The third kappa shape index (κ3) is 3.26. The molecular weight excluding hydrogens is 244 g/mol. The normalized spacial score (nSPS) is 25.8. The molecule has 1 unspecified atom stereocenters. The molecule has 0 spiro atoms.